The number of nitrogens with one attached hydrogen (secondary N) is 1. The lowest BCUT2D eigenvalue weighted by atomic mass is 10.0. The van der Waals surface area contributed by atoms with Crippen molar-refractivity contribution in [3.63, 3.8) is 0 Å². The normalized spacial score (nSPS) is 22.2. The van der Waals surface area contributed by atoms with Crippen molar-refractivity contribution in [2.24, 2.45) is 11.7 Å². The molecule has 1 aromatic carbocycles. The van der Waals surface area contributed by atoms with Crippen molar-refractivity contribution in [2.45, 2.75) is 25.3 Å². The molecule has 3 N–H and O–H groups in total. The van der Waals surface area contributed by atoms with Crippen LogP contribution in [0.3, 0.4) is 0 Å². The van der Waals surface area contributed by atoms with Gasteiger partial charge in [0.15, 0.2) is 0 Å². The standard InChI is InChI=1S/C13H14BrClN2OS/c14-8-4-7(5-9(15)6-8)13(18)17-11-3-1-2-10(11)12(16)19/h4-6,10-11H,1-3H2,(H2,16,19)(H,17,18). The van der Waals surface area contributed by atoms with Gasteiger partial charge in [0.25, 0.3) is 5.91 Å². The number of amides is 1. The van der Waals surface area contributed by atoms with Crippen molar-refractivity contribution in [3.8, 4) is 0 Å². The molecule has 0 saturated heterocycles. The Balaban J connectivity index is 2.10. The molecule has 0 aliphatic heterocycles. The molecule has 1 aliphatic carbocycles. The Morgan fingerprint density at radius 1 is 1.42 bits per heavy atom. The van der Waals surface area contributed by atoms with Gasteiger partial charge in [-0.15, -0.1) is 0 Å². The fraction of sp³-hybridized carbons (Fsp3) is 0.385. The molecule has 0 bridgehead atoms. The molecule has 0 heterocycles. The zero-order chi connectivity index (χ0) is 14.0. The molecule has 2 rings (SSSR count). The van der Waals surface area contributed by atoms with E-state index >= 15 is 0 Å². The highest BCUT2D eigenvalue weighted by Crippen LogP contribution is 2.26. The molecular weight excluding hydrogens is 348 g/mol. The number of halogens is 2. The summed E-state index contributed by atoms with van der Waals surface area (Å²) in [5.74, 6) is -0.0436. The lowest BCUT2D eigenvalue weighted by Crippen LogP contribution is -2.41. The highest BCUT2D eigenvalue weighted by Gasteiger charge is 2.30. The maximum Gasteiger partial charge on any atom is 0.251 e. The SMILES string of the molecule is NC(=S)C1CCCC1NC(=O)c1cc(Cl)cc(Br)c1. The summed E-state index contributed by atoms with van der Waals surface area (Å²) in [6.45, 7) is 0. The van der Waals surface area contributed by atoms with Crippen LogP contribution in [0.1, 0.15) is 29.6 Å². The first-order valence-corrected chi connectivity index (χ1v) is 7.61. The second-order valence-electron chi connectivity index (χ2n) is 4.68. The summed E-state index contributed by atoms with van der Waals surface area (Å²) in [6, 6.07) is 5.16. The molecule has 1 aliphatic rings. The van der Waals surface area contributed by atoms with Gasteiger partial charge in [-0.1, -0.05) is 46.2 Å². The zero-order valence-electron chi connectivity index (χ0n) is 10.2. The molecule has 0 spiro atoms. The van der Waals surface area contributed by atoms with Gasteiger partial charge < -0.3 is 11.1 Å². The quantitative estimate of drug-likeness (QED) is 0.812. The van der Waals surface area contributed by atoms with Gasteiger partial charge in [0, 0.05) is 27.0 Å². The van der Waals surface area contributed by atoms with E-state index in [0.717, 1.165) is 23.7 Å². The first-order chi connectivity index (χ1) is 8.97. The Labute approximate surface area is 131 Å². The number of nitrogens with two attached hydrogens (primary N) is 1. The second kappa shape index (κ2) is 6.20. The molecular formula is C13H14BrClN2OS. The van der Waals surface area contributed by atoms with E-state index in [1.165, 1.54) is 0 Å². The number of carbonyl (C=O) groups excluding carboxylic acids is 1. The van der Waals surface area contributed by atoms with E-state index in [0.29, 0.717) is 15.6 Å². The summed E-state index contributed by atoms with van der Waals surface area (Å²) in [7, 11) is 0. The van der Waals surface area contributed by atoms with Gasteiger partial charge in [-0.25, -0.2) is 0 Å². The van der Waals surface area contributed by atoms with Crippen molar-refractivity contribution >= 4 is 50.6 Å². The molecule has 2 unspecified atom stereocenters. The number of benzene rings is 1. The van der Waals surface area contributed by atoms with E-state index in [1.807, 2.05) is 0 Å². The van der Waals surface area contributed by atoms with Crippen LogP contribution in [-0.2, 0) is 0 Å². The number of hydrogen-bond donors (Lipinski definition) is 2. The van der Waals surface area contributed by atoms with Crippen LogP contribution in [0.2, 0.25) is 5.02 Å². The Hall–Kier alpha value is -0.650. The molecule has 102 valence electrons. The third-order valence-electron chi connectivity index (χ3n) is 3.32. The Morgan fingerprint density at radius 2 is 2.16 bits per heavy atom. The first-order valence-electron chi connectivity index (χ1n) is 6.03. The van der Waals surface area contributed by atoms with E-state index < -0.39 is 0 Å². The van der Waals surface area contributed by atoms with Crippen LogP contribution in [0, 0.1) is 5.92 Å². The maximum absolute atomic E-state index is 12.2. The molecule has 3 nitrogen and oxygen atoms in total. The highest BCUT2D eigenvalue weighted by atomic mass is 79.9. The number of thiocarbonyl (C=S) groups is 1. The van der Waals surface area contributed by atoms with Gasteiger partial charge in [-0.2, -0.15) is 0 Å². The molecule has 2 atom stereocenters. The predicted molar refractivity (Wildman–Crippen MR) is 84.5 cm³/mol. The summed E-state index contributed by atoms with van der Waals surface area (Å²) in [5, 5.41) is 3.52. The van der Waals surface area contributed by atoms with Crippen LogP contribution >= 0.6 is 39.7 Å². The average molecular weight is 362 g/mol. The number of hydrogen-bond acceptors (Lipinski definition) is 2. The van der Waals surface area contributed by atoms with Crippen LogP contribution in [0.25, 0.3) is 0 Å². The zero-order valence-corrected chi connectivity index (χ0v) is 13.3. The fourth-order valence-corrected chi connectivity index (χ4v) is 3.55. The molecule has 19 heavy (non-hydrogen) atoms. The molecule has 6 heteroatoms. The lowest BCUT2D eigenvalue weighted by Gasteiger charge is -2.20. The monoisotopic (exact) mass is 360 g/mol. The van der Waals surface area contributed by atoms with Gasteiger partial charge in [0.2, 0.25) is 0 Å². The molecule has 0 radical (unpaired) electrons. The Kier molecular flexibility index (Phi) is 4.81. The first kappa shape index (κ1) is 14.8. The van der Waals surface area contributed by atoms with Crippen molar-refractivity contribution < 1.29 is 4.79 Å². The van der Waals surface area contributed by atoms with Crippen LogP contribution in [0.15, 0.2) is 22.7 Å². The van der Waals surface area contributed by atoms with Crippen molar-refractivity contribution in [1.82, 2.24) is 5.32 Å². The summed E-state index contributed by atoms with van der Waals surface area (Å²) >= 11 is 14.3. The largest absolute Gasteiger partial charge is 0.393 e. The van der Waals surface area contributed by atoms with Crippen molar-refractivity contribution in [1.29, 1.82) is 0 Å². The van der Waals surface area contributed by atoms with Gasteiger partial charge in [-0.05, 0) is 31.0 Å². The average Bonchev–Trinajstić information content (AvgIpc) is 2.75. The van der Waals surface area contributed by atoms with E-state index in [-0.39, 0.29) is 17.9 Å². The lowest BCUT2D eigenvalue weighted by molar-refractivity contribution is 0.0933. The van der Waals surface area contributed by atoms with E-state index in [2.05, 4.69) is 21.2 Å². The topological polar surface area (TPSA) is 55.1 Å². The molecule has 1 amide bonds. The third-order valence-corrected chi connectivity index (χ3v) is 4.30. The Bertz CT molecular complexity index is 503. The van der Waals surface area contributed by atoms with E-state index in [4.69, 9.17) is 29.6 Å². The van der Waals surface area contributed by atoms with Crippen LogP contribution in [0.4, 0.5) is 0 Å². The number of carbonyl (C=O) groups is 1. The minimum Gasteiger partial charge on any atom is -0.393 e. The summed E-state index contributed by atoms with van der Waals surface area (Å²) in [4.78, 5) is 12.7. The minimum atomic E-state index is -0.142. The van der Waals surface area contributed by atoms with Gasteiger partial charge >= 0.3 is 0 Å². The highest BCUT2D eigenvalue weighted by molar-refractivity contribution is 9.10. The minimum absolute atomic E-state index is 0.0303. The summed E-state index contributed by atoms with van der Waals surface area (Å²) in [6.07, 6.45) is 2.89. The fourth-order valence-electron chi connectivity index (χ4n) is 2.41. The number of rotatable bonds is 3. The van der Waals surface area contributed by atoms with E-state index in [9.17, 15) is 4.79 Å². The van der Waals surface area contributed by atoms with Gasteiger partial charge in [0.1, 0.15) is 0 Å². The summed E-state index contributed by atoms with van der Waals surface area (Å²) < 4.78 is 0.780. The Morgan fingerprint density at radius 3 is 2.79 bits per heavy atom. The smallest absolute Gasteiger partial charge is 0.251 e. The van der Waals surface area contributed by atoms with Crippen molar-refractivity contribution in [2.75, 3.05) is 0 Å². The maximum atomic E-state index is 12.2. The molecule has 0 aromatic heterocycles. The van der Waals surface area contributed by atoms with Crippen LogP contribution in [0.5, 0.6) is 0 Å². The third kappa shape index (κ3) is 3.68. The van der Waals surface area contributed by atoms with E-state index in [1.54, 1.807) is 18.2 Å². The summed E-state index contributed by atoms with van der Waals surface area (Å²) in [5.41, 5.74) is 6.24. The van der Waals surface area contributed by atoms with Crippen LogP contribution in [-0.4, -0.2) is 16.9 Å². The van der Waals surface area contributed by atoms with Crippen LogP contribution < -0.4 is 11.1 Å². The molecule has 1 saturated carbocycles. The van der Waals surface area contributed by atoms with Gasteiger partial charge in [-0.3, -0.25) is 4.79 Å². The predicted octanol–water partition coefficient (Wildman–Crippen LogP) is 3.29. The second-order valence-corrected chi connectivity index (χ2v) is 6.50. The molecule has 1 aromatic rings. The van der Waals surface area contributed by atoms with Gasteiger partial charge in [0.05, 0.1) is 4.99 Å². The van der Waals surface area contributed by atoms with Crippen molar-refractivity contribution in [3.05, 3.63) is 33.3 Å². The molecule has 1 fully saturated rings.